The smallest absolute Gasteiger partial charge is 0.274 e. The lowest BCUT2D eigenvalue weighted by Gasteiger charge is -2.36. The van der Waals surface area contributed by atoms with E-state index in [4.69, 9.17) is 5.73 Å². The Bertz CT molecular complexity index is 409. The molecular weight excluding hydrogens is 208 g/mol. The zero-order valence-corrected chi connectivity index (χ0v) is 9.23. The van der Waals surface area contributed by atoms with E-state index in [1.165, 1.54) is 4.68 Å². The minimum absolute atomic E-state index is 0.213. The van der Waals surface area contributed by atoms with Gasteiger partial charge in [-0.2, -0.15) is 5.10 Å². The van der Waals surface area contributed by atoms with Gasteiger partial charge in [-0.15, -0.1) is 0 Å². The summed E-state index contributed by atoms with van der Waals surface area (Å²) in [7, 11) is 1.70. The van der Waals surface area contributed by atoms with Crippen LogP contribution in [0.2, 0.25) is 0 Å². The summed E-state index contributed by atoms with van der Waals surface area (Å²) in [5.41, 5.74) is 5.46. The van der Waals surface area contributed by atoms with Crippen molar-refractivity contribution >= 4 is 11.6 Å². The van der Waals surface area contributed by atoms with E-state index in [1.54, 1.807) is 13.2 Å². The maximum absolute atomic E-state index is 11.7. The van der Waals surface area contributed by atoms with Crippen molar-refractivity contribution in [3.05, 3.63) is 11.9 Å². The van der Waals surface area contributed by atoms with Crippen LogP contribution >= 0.6 is 0 Å². The number of nitrogens with one attached hydrogen (secondary N) is 1. The van der Waals surface area contributed by atoms with Gasteiger partial charge in [0.2, 0.25) is 0 Å². The third kappa shape index (κ3) is 2.01. The molecule has 0 bridgehead atoms. The summed E-state index contributed by atoms with van der Waals surface area (Å²) in [6, 6.07) is 0. The van der Waals surface area contributed by atoms with Crippen LogP contribution in [0.5, 0.6) is 0 Å². The Morgan fingerprint density at radius 1 is 1.75 bits per heavy atom. The molecule has 0 aromatic carbocycles. The van der Waals surface area contributed by atoms with E-state index < -0.39 is 5.60 Å². The molecule has 1 amide bonds. The molecule has 1 heterocycles. The first-order valence-electron chi connectivity index (χ1n) is 5.30. The second-order valence-electron chi connectivity index (χ2n) is 4.37. The summed E-state index contributed by atoms with van der Waals surface area (Å²) < 4.78 is 1.49. The summed E-state index contributed by atoms with van der Waals surface area (Å²) in [6.45, 7) is 0.266. The van der Waals surface area contributed by atoms with E-state index in [1.807, 2.05) is 0 Å². The Labute approximate surface area is 93.4 Å². The number of nitrogen functional groups attached to an aromatic ring is 1. The number of nitrogens with zero attached hydrogens (tertiary/aromatic N) is 2. The number of anilines is 1. The Morgan fingerprint density at radius 3 is 2.88 bits per heavy atom. The number of aliphatic hydroxyl groups is 1. The molecule has 16 heavy (non-hydrogen) atoms. The van der Waals surface area contributed by atoms with Gasteiger partial charge in [-0.05, 0) is 19.3 Å². The molecular formula is C10H16N4O2. The number of rotatable bonds is 3. The number of hydrogen-bond acceptors (Lipinski definition) is 4. The second kappa shape index (κ2) is 3.79. The van der Waals surface area contributed by atoms with Crippen molar-refractivity contribution in [3.63, 3.8) is 0 Å². The van der Waals surface area contributed by atoms with Crippen LogP contribution in [0, 0.1) is 0 Å². The minimum Gasteiger partial charge on any atom is -0.396 e. The third-order valence-corrected chi connectivity index (χ3v) is 2.93. The van der Waals surface area contributed by atoms with E-state index in [9.17, 15) is 9.90 Å². The predicted octanol–water partition coefficient (Wildman–Crippen LogP) is -0.353. The van der Waals surface area contributed by atoms with Crippen molar-refractivity contribution in [1.82, 2.24) is 15.1 Å². The average molecular weight is 224 g/mol. The molecule has 88 valence electrons. The fraction of sp³-hybridized carbons (Fsp3) is 0.600. The van der Waals surface area contributed by atoms with Gasteiger partial charge >= 0.3 is 0 Å². The molecule has 6 heteroatoms. The molecule has 0 unspecified atom stereocenters. The maximum atomic E-state index is 11.7. The third-order valence-electron chi connectivity index (χ3n) is 2.93. The maximum Gasteiger partial charge on any atom is 0.274 e. The Kier molecular flexibility index (Phi) is 2.59. The molecule has 1 aliphatic carbocycles. The standard InChI is InChI=1S/C10H16N4O2/c1-14-5-7(11)8(13-14)9(15)12-6-10(16)3-2-4-10/h5,16H,2-4,6,11H2,1H3,(H,12,15). The highest BCUT2D eigenvalue weighted by Gasteiger charge is 2.34. The molecule has 6 nitrogen and oxygen atoms in total. The van der Waals surface area contributed by atoms with E-state index in [-0.39, 0.29) is 18.1 Å². The Morgan fingerprint density at radius 2 is 2.44 bits per heavy atom. The van der Waals surface area contributed by atoms with Gasteiger partial charge in [-0.1, -0.05) is 0 Å². The summed E-state index contributed by atoms with van der Waals surface area (Å²) in [5.74, 6) is -0.335. The first-order valence-corrected chi connectivity index (χ1v) is 5.30. The molecule has 1 saturated carbocycles. The molecule has 0 aliphatic heterocycles. The molecule has 1 fully saturated rings. The van der Waals surface area contributed by atoms with Gasteiger partial charge in [-0.25, -0.2) is 0 Å². The molecule has 1 aliphatic rings. The topological polar surface area (TPSA) is 93.2 Å². The van der Waals surface area contributed by atoms with Crippen molar-refractivity contribution < 1.29 is 9.90 Å². The van der Waals surface area contributed by atoms with Crippen LogP contribution in [0.1, 0.15) is 29.8 Å². The number of aromatic nitrogens is 2. The van der Waals surface area contributed by atoms with E-state index >= 15 is 0 Å². The van der Waals surface area contributed by atoms with Crippen LogP contribution in [-0.4, -0.2) is 32.9 Å². The fourth-order valence-corrected chi connectivity index (χ4v) is 1.77. The van der Waals surface area contributed by atoms with Gasteiger partial charge in [0, 0.05) is 19.8 Å². The molecule has 0 spiro atoms. The zero-order chi connectivity index (χ0) is 11.8. The summed E-state index contributed by atoms with van der Waals surface area (Å²) in [5, 5.41) is 16.4. The van der Waals surface area contributed by atoms with Gasteiger partial charge in [-0.3, -0.25) is 9.48 Å². The summed E-state index contributed by atoms with van der Waals surface area (Å²) >= 11 is 0. The SMILES string of the molecule is Cn1cc(N)c(C(=O)NCC2(O)CCC2)n1. The predicted molar refractivity (Wildman–Crippen MR) is 58.8 cm³/mol. The van der Waals surface area contributed by atoms with Crippen molar-refractivity contribution in [3.8, 4) is 0 Å². The quantitative estimate of drug-likeness (QED) is 0.654. The molecule has 0 saturated heterocycles. The number of carbonyl (C=O) groups is 1. The highest BCUT2D eigenvalue weighted by Crippen LogP contribution is 2.30. The van der Waals surface area contributed by atoms with Gasteiger partial charge in [0.25, 0.3) is 5.91 Å². The van der Waals surface area contributed by atoms with Gasteiger partial charge < -0.3 is 16.2 Å². The highest BCUT2D eigenvalue weighted by molar-refractivity contribution is 5.97. The number of nitrogens with two attached hydrogens (primary N) is 1. The largest absolute Gasteiger partial charge is 0.396 e. The van der Waals surface area contributed by atoms with Crippen LogP contribution in [0.25, 0.3) is 0 Å². The molecule has 0 radical (unpaired) electrons. The van der Waals surface area contributed by atoms with Crippen LogP contribution in [0.3, 0.4) is 0 Å². The number of amides is 1. The second-order valence-corrected chi connectivity index (χ2v) is 4.37. The van der Waals surface area contributed by atoms with Crippen LogP contribution in [-0.2, 0) is 7.05 Å². The van der Waals surface area contributed by atoms with E-state index in [0.29, 0.717) is 5.69 Å². The monoisotopic (exact) mass is 224 g/mol. The number of hydrogen-bond donors (Lipinski definition) is 3. The molecule has 2 rings (SSSR count). The molecule has 1 aromatic heterocycles. The average Bonchev–Trinajstić information content (AvgIpc) is 2.51. The Hall–Kier alpha value is -1.56. The normalized spacial score (nSPS) is 17.9. The lowest BCUT2D eigenvalue weighted by Crippen LogP contribution is -2.47. The van der Waals surface area contributed by atoms with E-state index in [2.05, 4.69) is 10.4 Å². The summed E-state index contributed by atoms with van der Waals surface area (Å²) in [4.78, 5) is 11.7. The number of aryl methyl sites for hydroxylation is 1. The Balaban J connectivity index is 1.95. The van der Waals surface area contributed by atoms with Gasteiger partial charge in [0.15, 0.2) is 5.69 Å². The van der Waals surface area contributed by atoms with Crippen LogP contribution in [0.15, 0.2) is 6.20 Å². The highest BCUT2D eigenvalue weighted by atomic mass is 16.3. The van der Waals surface area contributed by atoms with Crippen LogP contribution in [0.4, 0.5) is 5.69 Å². The van der Waals surface area contributed by atoms with Crippen molar-refractivity contribution in [2.24, 2.45) is 7.05 Å². The summed E-state index contributed by atoms with van der Waals surface area (Å²) in [6.07, 6.45) is 4.07. The molecule has 1 aromatic rings. The first kappa shape index (κ1) is 10.9. The van der Waals surface area contributed by atoms with Crippen LogP contribution < -0.4 is 11.1 Å². The molecule has 0 atom stereocenters. The first-order chi connectivity index (χ1) is 7.50. The molecule has 4 N–H and O–H groups in total. The number of carbonyl (C=O) groups excluding carboxylic acids is 1. The lowest BCUT2D eigenvalue weighted by molar-refractivity contribution is -0.0300. The van der Waals surface area contributed by atoms with Gasteiger partial charge in [0.05, 0.1) is 11.3 Å². The van der Waals surface area contributed by atoms with E-state index in [0.717, 1.165) is 19.3 Å². The lowest BCUT2D eigenvalue weighted by atomic mass is 9.80. The van der Waals surface area contributed by atoms with Gasteiger partial charge in [0.1, 0.15) is 0 Å². The zero-order valence-electron chi connectivity index (χ0n) is 9.23. The fourth-order valence-electron chi connectivity index (χ4n) is 1.77. The van der Waals surface area contributed by atoms with Crippen molar-refractivity contribution in [2.45, 2.75) is 24.9 Å². The van der Waals surface area contributed by atoms with Crippen molar-refractivity contribution in [1.29, 1.82) is 0 Å². The van der Waals surface area contributed by atoms with Crippen molar-refractivity contribution in [2.75, 3.05) is 12.3 Å². The minimum atomic E-state index is -0.723.